The Labute approximate surface area is 104 Å². The average Bonchev–Trinajstić information content (AvgIpc) is 2.34. The van der Waals surface area contributed by atoms with E-state index in [1.54, 1.807) is 0 Å². The zero-order valence-electron chi connectivity index (χ0n) is 9.25. The minimum atomic E-state index is -1.30. The number of nitrogens with one attached hydrogen (secondary N) is 1. The van der Waals surface area contributed by atoms with E-state index in [9.17, 15) is 22.4 Å². The number of benzene rings is 1. The molecule has 0 aliphatic rings. The van der Waals surface area contributed by atoms with E-state index in [1.165, 1.54) is 6.07 Å². The molecular weight excluding hydrogens is 264 g/mol. The third-order valence-corrected chi connectivity index (χ3v) is 2.25. The van der Waals surface area contributed by atoms with Gasteiger partial charge in [-0.15, -0.1) is 0 Å². The Bertz CT molecular complexity index is 622. The van der Waals surface area contributed by atoms with Crippen molar-refractivity contribution in [3.05, 3.63) is 59.4 Å². The van der Waals surface area contributed by atoms with Crippen molar-refractivity contribution >= 4 is 11.6 Å². The number of aromatic nitrogens is 1. The molecule has 0 saturated carbocycles. The highest BCUT2D eigenvalue weighted by Gasteiger charge is 2.17. The largest absolute Gasteiger partial charge is 0.317 e. The van der Waals surface area contributed by atoms with Crippen LogP contribution in [0.2, 0.25) is 0 Å². The van der Waals surface area contributed by atoms with Crippen molar-refractivity contribution in [3.8, 4) is 0 Å². The lowest BCUT2D eigenvalue weighted by Crippen LogP contribution is -2.16. The van der Waals surface area contributed by atoms with E-state index in [0.717, 1.165) is 12.3 Å². The number of pyridine rings is 1. The standard InChI is InChI=1S/C12H6F4N2O/c13-6-4-8(14)10(9(15)5-6)18-12(19)7-2-1-3-17-11(7)16/h1-5H,(H,18,19). The molecule has 7 heteroatoms. The Kier molecular flexibility index (Phi) is 3.46. The maximum atomic E-state index is 13.3. The fourth-order valence-electron chi connectivity index (χ4n) is 1.40. The van der Waals surface area contributed by atoms with Crippen LogP contribution < -0.4 is 5.32 Å². The molecule has 1 amide bonds. The number of halogens is 4. The highest BCUT2D eigenvalue weighted by atomic mass is 19.1. The van der Waals surface area contributed by atoms with E-state index in [4.69, 9.17) is 0 Å². The number of amides is 1. The van der Waals surface area contributed by atoms with Crippen LogP contribution in [0.5, 0.6) is 0 Å². The number of carbonyl (C=O) groups is 1. The molecule has 0 bridgehead atoms. The zero-order chi connectivity index (χ0) is 14.0. The molecular formula is C12H6F4N2O. The molecule has 0 fully saturated rings. The molecule has 2 rings (SSSR count). The van der Waals surface area contributed by atoms with Crippen LogP contribution >= 0.6 is 0 Å². The second-order valence-corrected chi connectivity index (χ2v) is 3.54. The van der Waals surface area contributed by atoms with Gasteiger partial charge < -0.3 is 5.32 Å². The summed E-state index contributed by atoms with van der Waals surface area (Å²) in [5.41, 5.74) is -1.33. The topological polar surface area (TPSA) is 42.0 Å². The van der Waals surface area contributed by atoms with Gasteiger partial charge >= 0.3 is 0 Å². The first-order chi connectivity index (χ1) is 8.99. The second-order valence-electron chi connectivity index (χ2n) is 3.54. The van der Waals surface area contributed by atoms with Gasteiger partial charge in [0.1, 0.15) is 11.5 Å². The Morgan fingerprint density at radius 3 is 2.32 bits per heavy atom. The molecule has 0 aliphatic carbocycles. The Morgan fingerprint density at radius 2 is 1.74 bits per heavy atom. The minimum absolute atomic E-state index is 0.401. The molecule has 19 heavy (non-hydrogen) atoms. The molecule has 2 aromatic rings. The SMILES string of the molecule is O=C(Nc1c(F)cc(F)cc1F)c1cccnc1F. The van der Waals surface area contributed by atoms with Gasteiger partial charge in [-0.05, 0) is 12.1 Å². The second kappa shape index (κ2) is 5.05. The smallest absolute Gasteiger partial charge is 0.260 e. The summed E-state index contributed by atoms with van der Waals surface area (Å²) in [5.74, 6) is -5.89. The van der Waals surface area contributed by atoms with Gasteiger partial charge in [-0.2, -0.15) is 4.39 Å². The number of anilines is 1. The third-order valence-electron chi connectivity index (χ3n) is 2.25. The van der Waals surface area contributed by atoms with Crippen molar-refractivity contribution in [2.45, 2.75) is 0 Å². The van der Waals surface area contributed by atoms with Crippen molar-refractivity contribution in [1.29, 1.82) is 0 Å². The van der Waals surface area contributed by atoms with E-state index in [1.807, 2.05) is 5.32 Å². The summed E-state index contributed by atoms with van der Waals surface area (Å²) < 4.78 is 52.4. The van der Waals surface area contributed by atoms with Gasteiger partial charge in [-0.3, -0.25) is 4.79 Å². The summed E-state index contributed by atoms with van der Waals surface area (Å²) >= 11 is 0. The zero-order valence-corrected chi connectivity index (χ0v) is 9.25. The monoisotopic (exact) mass is 270 g/mol. The molecule has 1 aromatic heterocycles. The molecule has 0 atom stereocenters. The molecule has 1 aromatic carbocycles. The maximum absolute atomic E-state index is 13.3. The van der Waals surface area contributed by atoms with Crippen LogP contribution in [0.1, 0.15) is 10.4 Å². The number of carbonyl (C=O) groups excluding carboxylic acids is 1. The molecule has 1 N–H and O–H groups in total. The quantitative estimate of drug-likeness (QED) is 0.673. The lowest BCUT2D eigenvalue weighted by atomic mass is 10.2. The van der Waals surface area contributed by atoms with Crippen molar-refractivity contribution in [1.82, 2.24) is 4.98 Å². The summed E-state index contributed by atoms with van der Waals surface area (Å²) in [6.07, 6.45) is 1.12. The normalized spacial score (nSPS) is 10.3. The van der Waals surface area contributed by atoms with Crippen molar-refractivity contribution in [2.75, 3.05) is 5.32 Å². The van der Waals surface area contributed by atoms with Crippen LogP contribution in [-0.4, -0.2) is 10.9 Å². The van der Waals surface area contributed by atoms with Crippen LogP contribution in [0, 0.1) is 23.4 Å². The number of hydrogen-bond donors (Lipinski definition) is 1. The third kappa shape index (κ3) is 2.70. The van der Waals surface area contributed by atoms with Crippen LogP contribution in [0.3, 0.4) is 0 Å². The summed E-state index contributed by atoms with van der Waals surface area (Å²) in [7, 11) is 0. The predicted octanol–water partition coefficient (Wildman–Crippen LogP) is 2.89. The highest BCUT2D eigenvalue weighted by molar-refractivity contribution is 6.04. The summed E-state index contributed by atoms with van der Waals surface area (Å²) in [6.45, 7) is 0. The Balaban J connectivity index is 2.32. The van der Waals surface area contributed by atoms with Crippen molar-refractivity contribution in [2.24, 2.45) is 0 Å². The van der Waals surface area contributed by atoms with Gasteiger partial charge in [0.2, 0.25) is 5.95 Å². The van der Waals surface area contributed by atoms with Crippen LogP contribution in [0.25, 0.3) is 0 Å². The number of rotatable bonds is 2. The van der Waals surface area contributed by atoms with Gasteiger partial charge in [0.05, 0.1) is 5.56 Å². The molecule has 98 valence electrons. The molecule has 0 saturated heterocycles. The van der Waals surface area contributed by atoms with E-state index < -0.39 is 40.6 Å². The van der Waals surface area contributed by atoms with E-state index in [0.29, 0.717) is 12.1 Å². The van der Waals surface area contributed by atoms with Crippen LogP contribution in [0.15, 0.2) is 30.5 Å². The van der Waals surface area contributed by atoms with Crippen LogP contribution in [-0.2, 0) is 0 Å². The number of nitrogens with zero attached hydrogens (tertiary/aromatic N) is 1. The molecule has 3 nitrogen and oxygen atoms in total. The highest BCUT2D eigenvalue weighted by Crippen LogP contribution is 2.21. The first-order valence-electron chi connectivity index (χ1n) is 5.05. The Morgan fingerprint density at radius 1 is 1.11 bits per heavy atom. The average molecular weight is 270 g/mol. The van der Waals surface area contributed by atoms with E-state index >= 15 is 0 Å². The molecule has 0 unspecified atom stereocenters. The minimum Gasteiger partial charge on any atom is -0.317 e. The Hall–Kier alpha value is -2.44. The van der Waals surface area contributed by atoms with Gasteiger partial charge in [0.15, 0.2) is 11.6 Å². The molecule has 0 spiro atoms. The van der Waals surface area contributed by atoms with Gasteiger partial charge in [-0.25, -0.2) is 18.2 Å². The fraction of sp³-hybridized carbons (Fsp3) is 0. The summed E-state index contributed by atoms with van der Waals surface area (Å²) in [5, 5.41) is 1.83. The lowest BCUT2D eigenvalue weighted by molar-refractivity contribution is 0.102. The van der Waals surface area contributed by atoms with Gasteiger partial charge in [0.25, 0.3) is 5.91 Å². The fourth-order valence-corrected chi connectivity index (χ4v) is 1.40. The van der Waals surface area contributed by atoms with E-state index in [-0.39, 0.29) is 0 Å². The van der Waals surface area contributed by atoms with Gasteiger partial charge in [-0.1, -0.05) is 0 Å². The molecule has 0 aliphatic heterocycles. The summed E-state index contributed by atoms with van der Waals surface area (Å²) in [6, 6.07) is 3.18. The maximum Gasteiger partial charge on any atom is 0.260 e. The molecule has 1 heterocycles. The lowest BCUT2D eigenvalue weighted by Gasteiger charge is -2.08. The van der Waals surface area contributed by atoms with Gasteiger partial charge in [0, 0.05) is 18.3 Å². The van der Waals surface area contributed by atoms with Crippen molar-refractivity contribution in [3.63, 3.8) is 0 Å². The van der Waals surface area contributed by atoms with E-state index in [2.05, 4.69) is 4.98 Å². The summed E-state index contributed by atoms with van der Waals surface area (Å²) in [4.78, 5) is 14.8. The van der Waals surface area contributed by atoms with Crippen molar-refractivity contribution < 1.29 is 22.4 Å². The first-order valence-corrected chi connectivity index (χ1v) is 5.05. The number of hydrogen-bond acceptors (Lipinski definition) is 2. The first kappa shape index (κ1) is 13.0. The predicted molar refractivity (Wildman–Crippen MR) is 58.5 cm³/mol. The van der Waals surface area contributed by atoms with Crippen LogP contribution in [0.4, 0.5) is 23.2 Å². The molecule has 0 radical (unpaired) electrons.